The molecule has 20 heavy (non-hydrogen) atoms. The predicted octanol–water partition coefficient (Wildman–Crippen LogP) is 3.12. The van der Waals surface area contributed by atoms with Gasteiger partial charge in [0.25, 0.3) is 0 Å². The van der Waals surface area contributed by atoms with Crippen molar-refractivity contribution in [1.82, 2.24) is 10.3 Å². The van der Waals surface area contributed by atoms with Gasteiger partial charge in [-0.05, 0) is 38.1 Å². The first-order chi connectivity index (χ1) is 9.76. The van der Waals surface area contributed by atoms with Crippen molar-refractivity contribution in [2.24, 2.45) is 0 Å². The molecule has 1 heterocycles. The van der Waals surface area contributed by atoms with Crippen LogP contribution < -0.4 is 10.1 Å². The lowest BCUT2D eigenvalue weighted by atomic mass is 10.00. The van der Waals surface area contributed by atoms with Crippen LogP contribution in [0.25, 0.3) is 0 Å². The minimum Gasteiger partial charge on any atom is -0.494 e. The third kappa shape index (κ3) is 3.33. The second kappa shape index (κ2) is 7.01. The van der Waals surface area contributed by atoms with Crippen LogP contribution in [0.1, 0.15) is 23.7 Å². The van der Waals surface area contributed by atoms with Gasteiger partial charge in [0.1, 0.15) is 0 Å². The van der Waals surface area contributed by atoms with Crippen LogP contribution in [0.3, 0.4) is 0 Å². The molecule has 1 unspecified atom stereocenters. The van der Waals surface area contributed by atoms with E-state index in [1.807, 2.05) is 31.3 Å². The molecule has 0 saturated carbocycles. The number of nitrogens with one attached hydrogen (secondary N) is 1. The molecule has 0 saturated heterocycles. The van der Waals surface area contributed by atoms with Crippen molar-refractivity contribution >= 4 is 0 Å². The number of ether oxygens (including phenoxy) is 1. The largest absolute Gasteiger partial charge is 0.494 e. The van der Waals surface area contributed by atoms with Crippen molar-refractivity contribution in [2.45, 2.75) is 18.9 Å². The monoisotopic (exact) mass is 274 g/mol. The van der Waals surface area contributed by atoms with Crippen LogP contribution in [0.15, 0.2) is 42.6 Å². The van der Waals surface area contributed by atoms with E-state index in [4.69, 9.17) is 4.74 Å². The molecule has 4 heteroatoms. The highest BCUT2D eigenvalue weighted by atomic mass is 19.1. The highest BCUT2D eigenvalue weighted by molar-refractivity contribution is 5.33. The Morgan fingerprint density at radius 1 is 1.25 bits per heavy atom. The zero-order chi connectivity index (χ0) is 14.4. The second-order valence-electron chi connectivity index (χ2n) is 4.56. The van der Waals surface area contributed by atoms with E-state index in [0.717, 1.165) is 18.5 Å². The van der Waals surface area contributed by atoms with Gasteiger partial charge in [-0.25, -0.2) is 4.39 Å². The van der Waals surface area contributed by atoms with Crippen molar-refractivity contribution in [3.8, 4) is 5.75 Å². The summed E-state index contributed by atoms with van der Waals surface area (Å²) in [6.45, 7) is 0. The number of benzene rings is 1. The zero-order valence-corrected chi connectivity index (χ0v) is 11.8. The molecule has 2 rings (SSSR count). The number of hydrogen-bond donors (Lipinski definition) is 1. The number of hydrogen-bond acceptors (Lipinski definition) is 3. The fraction of sp³-hybridized carbons (Fsp3) is 0.312. The van der Waals surface area contributed by atoms with Crippen LogP contribution in [-0.4, -0.2) is 19.1 Å². The van der Waals surface area contributed by atoms with Crippen LogP contribution in [-0.2, 0) is 6.42 Å². The van der Waals surface area contributed by atoms with E-state index >= 15 is 0 Å². The standard InChI is InChI=1S/C16H19FN2O/c1-18-14(10-9-12-6-3-4-11-19-12)13-7-5-8-15(20-2)16(13)17/h3-8,11,14,18H,9-10H2,1-2H3. The van der Waals surface area contributed by atoms with Gasteiger partial charge < -0.3 is 10.1 Å². The van der Waals surface area contributed by atoms with Gasteiger partial charge in [0, 0.05) is 23.5 Å². The van der Waals surface area contributed by atoms with E-state index in [1.165, 1.54) is 7.11 Å². The molecule has 1 atom stereocenters. The Morgan fingerprint density at radius 2 is 2.10 bits per heavy atom. The van der Waals surface area contributed by atoms with Gasteiger partial charge in [-0.1, -0.05) is 18.2 Å². The lowest BCUT2D eigenvalue weighted by Gasteiger charge is -2.18. The summed E-state index contributed by atoms with van der Waals surface area (Å²) >= 11 is 0. The third-order valence-corrected chi connectivity index (χ3v) is 3.35. The summed E-state index contributed by atoms with van der Waals surface area (Å²) < 4.78 is 19.3. The molecule has 1 N–H and O–H groups in total. The smallest absolute Gasteiger partial charge is 0.169 e. The van der Waals surface area contributed by atoms with Crippen molar-refractivity contribution in [2.75, 3.05) is 14.2 Å². The first kappa shape index (κ1) is 14.5. The quantitative estimate of drug-likeness (QED) is 0.878. The maximum Gasteiger partial charge on any atom is 0.169 e. The Kier molecular flexibility index (Phi) is 5.07. The van der Waals surface area contributed by atoms with E-state index in [0.29, 0.717) is 5.56 Å². The Bertz CT molecular complexity index is 545. The molecule has 0 bridgehead atoms. The molecule has 3 nitrogen and oxygen atoms in total. The van der Waals surface area contributed by atoms with Gasteiger partial charge in [-0.3, -0.25) is 4.98 Å². The summed E-state index contributed by atoms with van der Waals surface area (Å²) in [6.07, 6.45) is 3.34. The Hall–Kier alpha value is -1.94. The van der Waals surface area contributed by atoms with Gasteiger partial charge in [0.2, 0.25) is 0 Å². The Morgan fingerprint density at radius 3 is 2.75 bits per heavy atom. The van der Waals surface area contributed by atoms with Crippen molar-refractivity contribution in [1.29, 1.82) is 0 Å². The molecule has 0 fully saturated rings. The fourth-order valence-electron chi connectivity index (χ4n) is 2.25. The molecule has 0 radical (unpaired) electrons. The first-order valence-corrected chi connectivity index (χ1v) is 6.66. The topological polar surface area (TPSA) is 34.2 Å². The minimum atomic E-state index is -0.296. The molecule has 0 spiro atoms. The zero-order valence-electron chi connectivity index (χ0n) is 11.8. The number of aromatic nitrogens is 1. The molecule has 0 amide bonds. The number of rotatable bonds is 6. The van der Waals surface area contributed by atoms with Crippen LogP contribution >= 0.6 is 0 Å². The molecule has 106 valence electrons. The summed E-state index contributed by atoms with van der Waals surface area (Å²) in [7, 11) is 3.31. The molecule has 0 aliphatic rings. The molecular formula is C16H19FN2O. The van der Waals surface area contributed by atoms with Crippen LogP contribution in [0, 0.1) is 5.82 Å². The van der Waals surface area contributed by atoms with Crippen molar-refractivity contribution in [3.05, 3.63) is 59.7 Å². The van der Waals surface area contributed by atoms with Gasteiger partial charge in [0.15, 0.2) is 11.6 Å². The lowest BCUT2D eigenvalue weighted by molar-refractivity contribution is 0.379. The molecule has 0 aliphatic carbocycles. The van der Waals surface area contributed by atoms with E-state index in [-0.39, 0.29) is 17.6 Å². The summed E-state index contributed by atoms with van der Waals surface area (Å²) in [6, 6.07) is 11.0. The van der Waals surface area contributed by atoms with Crippen LogP contribution in [0.2, 0.25) is 0 Å². The van der Waals surface area contributed by atoms with Crippen molar-refractivity contribution in [3.63, 3.8) is 0 Å². The summed E-state index contributed by atoms with van der Waals surface area (Å²) in [5.74, 6) is -0.0176. The molecule has 1 aromatic heterocycles. The number of halogens is 1. The highest BCUT2D eigenvalue weighted by Crippen LogP contribution is 2.27. The van der Waals surface area contributed by atoms with Crippen LogP contribution in [0.5, 0.6) is 5.75 Å². The normalized spacial score (nSPS) is 12.2. The third-order valence-electron chi connectivity index (χ3n) is 3.35. The number of aryl methyl sites for hydroxylation is 1. The summed E-state index contributed by atoms with van der Waals surface area (Å²) in [4.78, 5) is 4.29. The maximum absolute atomic E-state index is 14.3. The number of methoxy groups -OCH3 is 1. The van der Waals surface area contributed by atoms with E-state index in [9.17, 15) is 4.39 Å². The Labute approximate surface area is 118 Å². The van der Waals surface area contributed by atoms with E-state index in [2.05, 4.69) is 10.3 Å². The molecule has 2 aromatic rings. The van der Waals surface area contributed by atoms with Gasteiger partial charge in [0.05, 0.1) is 7.11 Å². The minimum absolute atomic E-state index is 0.0629. The first-order valence-electron chi connectivity index (χ1n) is 6.66. The lowest BCUT2D eigenvalue weighted by Crippen LogP contribution is -2.19. The fourth-order valence-corrected chi connectivity index (χ4v) is 2.25. The van der Waals surface area contributed by atoms with Gasteiger partial charge >= 0.3 is 0 Å². The number of pyridine rings is 1. The van der Waals surface area contributed by atoms with Gasteiger partial charge in [-0.2, -0.15) is 0 Å². The Balaban J connectivity index is 2.12. The van der Waals surface area contributed by atoms with Gasteiger partial charge in [-0.15, -0.1) is 0 Å². The molecule has 0 aliphatic heterocycles. The highest BCUT2D eigenvalue weighted by Gasteiger charge is 2.17. The van der Waals surface area contributed by atoms with Crippen molar-refractivity contribution < 1.29 is 9.13 Å². The SMILES string of the molecule is CNC(CCc1ccccn1)c1cccc(OC)c1F. The number of nitrogens with zero attached hydrogens (tertiary/aromatic N) is 1. The van der Waals surface area contributed by atoms with E-state index in [1.54, 1.807) is 18.3 Å². The van der Waals surface area contributed by atoms with E-state index < -0.39 is 0 Å². The second-order valence-corrected chi connectivity index (χ2v) is 4.56. The molecule has 1 aromatic carbocycles. The summed E-state index contributed by atoms with van der Waals surface area (Å²) in [5, 5.41) is 3.16. The van der Waals surface area contributed by atoms with Crippen LogP contribution in [0.4, 0.5) is 4.39 Å². The average molecular weight is 274 g/mol. The predicted molar refractivity (Wildman–Crippen MR) is 77.3 cm³/mol. The average Bonchev–Trinajstić information content (AvgIpc) is 2.50. The maximum atomic E-state index is 14.3. The molecular weight excluding hydrogens is 255 g/mol. The summed E-state index contributed by atoms with van der Waals surface area (Å²) in [5.41, 5.74) is 1.64.